The third-order valence-corrected chi connectivity index (χ3v) is 7.04. The molecule has 158 valence electrons. The Labute approximate surface area is 189 Å². The first-order valence-corrected chi connectivity index (χ1v) is 11.8. The zero-order valence-corrected chi connectivity index (χ0v) is 19.7. The number of carbonyl (C=O) groups excluding carboxylic acids is 1. The lowest BCUT2D eigenvalue weighted by Gasteiger charge is -2.24. The maximum atomic E-state index is 13.2. The standard InChI is InChI=1S/C24H29N3OS2/c1-5-26(6-2)24(29)30-16-23(28)27-22(19-10-8-7-9-11-19)15-21(25-27)20-13-12-17(3)18(4)14-20/h7-14,22H,5-6,15-16H2,1-4H3/t22-/m1/s1. The summed E-state index contributed by atoms with van der Waals surface area (Å²) in [5.74, 6) is 0.282. The number of thioether (sulfide) groups is 1. The summed E-state index contributed by atoms with van der Waals surface area (Å²) in [4.78, 5) is 15.2. The van der Waals surface area contributed by atoms with Crippen molar-refractivity contribution in [3.8, 4) is 0 Å². The molecule has 6 heteroatoms. The molecule has 1 aliphatic heterocycles. The van der Waals surface area contributed by atoms with E-state index < -0.39 is 0 Å². The number of nitrogens with zero attached hydrogens (tertiary/aromatic N) is 3. The van der Waals surface area contributed by atoms with Crippen molar-refractivity contribution in [2.45, 2.75) is 40.2 Å². The summed E-state index contributed by atoms with van der Waals surface area (Å²) in [5, 5.41) is 6.44. The molecule has 1 aliphatic rings. The summed E-state index contributed by atoms with van der Waals surface area (Å²) >= 11 is 6.92. The Morgan fingerprint density at radius 3 is 2.47 bits per heavy atom. The molecule has 1 amide bonds. The fraction of sp³-hybridized carbons (Fsp3) is 0.375. The topological polar surface area (TPSA) is 35.9 Å². The summed E-state index contributed by atoms with van der Waals surface area (Å²) in [6, 6.07) is 16.4. The van der Waals surface area contributed by atoms with Gasteiger partial charge in [-0.15, -0.1) is 0 Å². The SMILES string of the molecule is CCN(CC)C(=S)SCC(=O)N1N=C(c2ccc(C)c(C)c2)C[C@@H]1c1ccccc1. The summed E-state index contributed by atoms with van der Waals surface area (Å²) in [6.07, 6.45) is 0.712. The predicted molar refractivity (Wildman–Crippen MR) is 131 cm³/mol. The third kappa shape index (κ3) is 5.10. The van der Waals surface area contributed by atoms with Crippen LogP contribution in [-0.2, 0) is 4.79 Å². The van der Waals surface area contributed by atoms with Crippen molar-refractivity contribution in [3.05, 3.63) is 70.8 Å². The highest BCUT2D eigenvalue weighted by atomic mass is 32.2. The molecule has 3 rings (SSSR count). The van der Waals surface area contributed by atoms with Gasteiger partial charge < -0.3 is 4.90 Å². The number of amides is 1. The monoisotopic (exact) mass is 439 g/mol. The Morgan fingerprint density at radius 2 is 1.83 bits per heavy atom. The smallest absolute Gasteiger partial charge is 0.253 e. The van der Waals surface area contributed by atoms with Crippen LogP contribution in [0.15, 0.2) is 53.6 Å². The normalized spacial score (nSPS) is 15.8. The van der Waals surface area contributed by atoms with Crippen LogP contribution >= 0.6 is 24.0 Å². The highest BCUT2D eigenvalue weighted by Gasteiger charge is 2.33. The zero-order chi connectivity index (χ0) is 21.7. The summed E-state index contributed by atoms with van der Waals surface area (Å²) in [6.45, 7) is 10.1. The van der Waals surface area contributed by atoms with Crippen LogP contribution < -0.4 is 0 Å². The van der Waals surface area contributed by atoms with Crippen molar-refractivity contribution in [2.75, 3.05) is 18.8 Å². The number of hydrazone groups is 1. The van der Waals surface area contributed by atoms with E-state index >= 15 is 0 Å². The van der Waals surface area contributed by atoms with Crippen LogP contribution in [0.1, 0.15) is 48.6 Å². The molecule has 0 saturated carbocycles. The average Bonchev–Trinajstić information content (AvgIpc) is 3.21. The van der Waals surface area contributed by atoms with Crippen molar-refractivity contribution in [1.82, 2.24) is 9.91 Å². The molecule has 0 bridgehead atoms. The number of hydrogen-bond donors (Lipinski definition) is 0. The molecule has 0 radical (unpaired) electrons. The van der Waals surface area contributed by atoms with Gasteiger partial charge in [-0.25, -0.2) is 5.01 Å². The number of benzene rings is 2. The lowest BCUT2D eigenvalue weighted by atomic mass is 9.96. The molecule has 0 saturated heterocycles. The first kappa shape index (κ1) is 22.5. The number of hydrogen-bond acceptors (Lipinski definition) is 4. The number of rotatable bonds is 6. The molecule has 0 aromatic heterocycles. The van der Waals surface area contributed by atoms with Crippen molar-refractivity contribution < 1.29 is 4.79 Å². The molecule has 2 aromatic rings. The second-order valence-corrected chi connectivity index (χ2v) is 9.05. The minimum absolute atomic E-state index is 0.0119. The van der Waals surface area contributed by atoms with Gasteiger partial charge in [-0.05, 0) is 56.0 Å². The van der Waals surface area contributed by atoms with Crippen molar-refractivity contribution in [1.29, 1.82) is 0 Å². The van der Waals surface area contributed by atoms with E-state index in [4.69, 9.17) is 17.3 Å². The van der Waals surface area contributed by atoms with Gasteiger partial charge in [0.05, 0.1) is 17.5 Å². The van der Waals surface area contributed by atoms with Crippen LogP contribution in [0.2, 0.25) is 0 Å². The van der Waals surface area contributed by atoms with Gasteiger partial charge in [0.2, 0.25) is 0 Å². The molecule has 2 aromatic carbocycles. The van der Waals surface area contributed by atoms with E-state index in [2.05, 4.69) is 62.9 Å². The van der Waals surface area contributed by atoms with E-state index in [0.29, 0.717) is 12.2 Å². The minimum atomic E-state index is -0.0852. The van der Waals surface area contributed by atoms with Crippen LogP contribution in [0.25, 0.3) is 0 Å². The molecule has 1 heterocycles. The number of aryl methyl sites for hydroxylation is 2. The van der Waals surface area contributed by atoms with Crippen molar-refractivity contribution in [2.24, 2.45) is 5.10 Å². The van der Waals surface area contributed by atoms with Crippen molar-refractivity contribution in [3.63, 3.8) is 0 Å². The quantitative estimate of drug-likeness (QED) is 0.569. The minimum Gasteiger partial charge on any atom is -0.358 e. The van der Waals surface area contributed by atoms with E-state index in [1.807, 2.05) is 18.2 Å². The second-order valence-electron chi connectivity index (χ2n) is 7.44. The van der Waals surface area contributed by atoms with E-state index in [-0.39, 0.29) is 11.9 Å². The Bertz CT molecular complexity index is 939. The van der Waals surface area contributed by atoms with E-state index in [0.717, 1.165) is 34.2 Å². The summed E-state index contributed by atoms with van der Waals surface area (Å²) in [5.41, 5.74) is 5.63. The average molecular weight is 440 g/mol. The molecule has 0 fully saturated rings. The summed E-state index contributed by atoms with van der Waals surface area (Å²) in [7, 11) is 0. The van der Waals surface area contributed by atoms with E-state index in [9.17, 15) is 4.79 Å². The van der Waals surface area contributed by atoms with Crippen LogP contribution in [0, 0.1) is 13.8 Å². The van der Waals surface area contributed by atoms with Gasteiger partial charge in [-0.3, -0.25) is 4.79 Å². The maximum absolute atomic E-state index is 13.2. The summed E-state index contributed by atoms with van der Waals surface area (Å²) < 4.78 is 0.766. The lowest BCUT2D eigenvalue weighted by molar-refractivity contribution is -0.130. The number of carbonyl (C=O) groups is 1. The number of thiocarbonyl (C=S) groups is 1. The van der Waals surface area contributed by atoms with E-state index in [1.165, 1.54) is 22.9 Å². The molecular formula is C24H29N3OS2. The van der Waals surface area contributed by atoms with Gasteiger partial charge in [-0.2, -0.15) is 5.10 Å². The van der Waals surface area contributed by atoms with Crippen LogP contribution in [-0.4, -0.2) is 44.7 Å². The maximum Gasteiger partial charge on any atom is 0.253 e. The van der Waals surface area contributed by atoms with Crippen molar-refractivity contribution >= 4 is 39.9 Å². The lowest BCUT2D eigenvalue weighted by Crippen LogP contribution is -2.31. The molecule has 0 spiro atoms. The third-order valence-electron chi connectivity index (χ3n) is 5.53. The predicted octanol–water partition coefficient (Wildman–Crippen LogP) is 5.34. The van der Waals surface area contributed by atoms with Gasteiger partial charge in [-0.1, -0.05) is 66.4 Å². The highest BCUT2D eigenvalue weighted by molar-refractivity contribution is 8.23. The van der Waals surface area contributed by atoms with Gasteiger partial charge in [0, 0.05) is 19.5 Å². The highest BCUT2D eigenvalue weighted by Crippen LogP contribution is 2.33. The molecule has 0 aliphatic carbocycles. The van der Waals surface area contributed by atoms with Gasteiger partial charge in [0.25, 0.3) is 5.91 Å². The molecule has 0 N–H and O–H groups in total. The molecule has 30 heavy (non-hydrogen) atoms. The second kappa shape index (κ2) is 10.2. The first-order valence-electron chi connectivity index (χ1n) is 10.4. The zero-order valence-electron chi connectivity index (χ0n) is 18.1. The fourth-order valence-electron chi connectivity index (χ4n) is 3.53. The Balaban J connectivity index is 1.83. The van der Waals surface area contributed by atoms with Crippen LogP contribution in [0.5, 0.6) is 0 Å². The van der Waals surface area contributed by atoms with Gasteiger partial charge in [0.1, 0.15) is 4.32 Å². The molecule has 1 atom stereocenters. The van der Waals surface area contributed by atoms with E-state index in [1.54, 1.807) is 5.01 Å². The molecular weight excluding hydrogens is 410 g/mol. The Kier molecular flexibility index (Phi) is 7.67. The van der Waals surface area contributed by atoms with Crippen LogP contribution in [0.4, 0.5) is 0 Å². The van der Waals surface area contributed by atoms with Crippen LogP contribution in [0.3, 0.4) is 0 Å². The Morgan fingerprint density at radius 1 is 1.13 bits per heavy atom. The largest absolute Gasteiger partial charge is 0.358 e. The molecule has 4 nitrogen and oxygen atoms in total. The fourth-order valence-corrected chi connectivity index (χ4v) is 4.79. The Hall–Kier alpha value is -2.18. The van der Waals surface area contributed by atoms with Gasteiger partial charge in [0.15, 0.2) is 0 Å². The van der Waals surface area contributed by atoms with Gasteiger partial charge >= 0.3 is 0 Å². The molecule has 0 unspecified atom stereocenters. The first-order chi connectivity index (χ1) is 14.4.